The molecule has 0 bridgehead atoms. The molecule has 1 atom stereocenters. The molecule has 0 aliphatic carbocycles. The second-order valence-electron chi connectivity index (χ2n) is 7.89. The monoisotopic (exact) mass is 526 g/mol. The Bertz CT molecular complexity index is 1210. The number of carbonyl (C=O) groups is 3. The third-order valence-electron chi connectivity index (χ3n) is 5.16. The highest BCUT2D eigenvalue weighted by Gasteiger charge is 2.20. The van der Waals surface area contributed by atoms with Crippen molar-refractivity contribution in [2.24, 2.45) is 0 Å². The number of halogens is 1. The summed E-state index contributed by atoms with van der Waals surface area (Å²) in [6.07, 6.45) is 3.17. The number of ether oxygens (including phenoxy) is 1. The summed E-state index contributed by atoms with van der Waals surface area (Å²) in [5.41, 5.74) is 2.17. The van der Waals surface area contributed by atoms with E-state index in [9.17, 15) is 14.4 Å². The molecule has 3 aromatic rings. The highest BCUT2D eigenvalue weighted by Crippen LogP contribution is 2.28. The summed E-state index contributed by atoms with van der Waals surface area (Å²) >= 11 is 3.29. The van der Waals surface area contributed by atoms with Gasteiger partial charge in [-0.05, 0) is 50.1 Å². The zero-order chi connectivity index (χ0) is 24.7. The summed E-state index contributed by atoms with van der Waals surface area (Å²) in [6.45, 7) is 3.73. The predicted octanol–water partition coefficient (Wildman–Crippen LogP) is 4.54. The lowest BCUT2D eigenvalue weighted by Gasteiger charge is -2.17. The first kappa shape index (κ1) is 25.2. The maximum absolute atomic E-state index is 12.6. The number of fused-ring (bicyclic) bond motifs is 1. The van der Waals surface area contributed by atoms with Gasteiger partial charge in [0.2, 0.25) is 5.91 Å². The first-order chi connectivity index (χ1) is 16.3. The van der Waals surface area contributed by atoms with Crippen molar-refractivity contribution in [2.75, 3.05) is 24.3 Å². The molecular weight excluding hydrogens is 500 g/mol. The summed E-state index contributed by atoms with van der Waals surface area (Å²) in [4.78, 5) is 40.9. The number of pyridine rings is 1. The summed E-state index contributed by atoms with van der Waals surface area (Å²) in [7, 11) is 1.63. The lowest BCUT2D eigenvalue weighted by Crippen LogP contribution is -2.33. The quantitative estimate of drug-likeness (QED) is 0.203. The van der Waals surface area contributed by atoms with Crippen molar-refractivity contribution in [3.63, 3.8) is 0 Å². The van der Waals surface area contributed by atoms with Gasteiger partial charge in [-0.1, -0.05) is 22.0 Å². The Balaban J connectivity index is 1.55. The maximum Gasteiger partial charge on any atom is 0.292 e. The molecule has 0 saturated heterocycles. The Morgan fingerprint density at radius 3 is 2.65 bits per heavy atom. The number of carbonyl (C=O) groups excluding carboxylic acids is 3. The van der Waals surface area contributed by atoms with Gasteiger partial charge in [0.05, 0.1) is 29.6 Å². The second-order valence-corrected chi connectivity index (χ2v) is 8.81. The molecule has 1 heterocycles. The number of amides is 2. The van der Waals surface area contributed by atoms with Gasteiger partial charge < -0.3 is 20.7 Å². The van der Waals surface area contributed by atoms with E-state index in [0.29, 0.717) is 23.1 Å². The zero-order valence-electron chi connectivity index (χ0n) is 19.3. The third kappa shape index (κ3) is 6.54. The number of methoxy groups -OCH3 is 1. The van der Waals surface area contributed by atoms with Crippen LogP contribution in [0.1, 0.15) is 37.0 Å². The number of hydrogen-bond donors (Lipinski definition) is 3. The fourth-order valence-corrected chi connectivity index (χ4v) is 3.91. The lowest BCUT2D eigenvalue weighted by molar-refractivity contribution is -0.117. The molecule has 1 aromatic heterocycles. The smallest absolute Gasteiger partial charge is 0.292 e. The molecule has 8 nitrogen and oxygen atoms in total. The van der Waals surface area contributed by atoms with E-state index < -0.39 is 11.7 Å². The van der Waals surface area contributed by atoms with Crippen LogP contribution in [0.25, 0.3) is 10.9 Å². The predicted molar refractivity (Wildman–Crippen MR) is 136 cm³/mol. The van der Waals surface area contributed by atoms with Crippen molar-refractivity contribution in [3.05, 3.63) is 58.7 Å². The van der Waals surface area contributed by atoms with Crippen LogP contribution in [0.3, 0.4) is 0 Å². The summed E-state index contributed by atoms with van der Waals surface area (Å²) in [5.74, 6) is -0.997. The Labute approximate surface area is 206 Å². The van der Waals surface area contributed by atoms with Gasteiger partial charge in [-0.15, -0.1) is 0 Å². The second kappa shape index (κ2) is 11.6. The molecule has 0 radical (unpaired) electrons. The van der Waals surface area contributed by atoms with E-state index in [1.807, 2.05) is 31.2 Å². The van der Waals surface area contributed by atoms with Crippen molar-refractivity contribution < 1.29 is 19.1 Å². The number of hydrogen-bond acceptors (Lipinski definition) is 6. The van der Waals surface area contributed by atoms with Crippen LogP contribution in [0.15, 0.2) is 53.1 Å². The number of nitrogens with zero attached hydrogens (tertiary/aromatic N) is 1. The van der Waals surface area contributed by atoms with Crippen LogP contribution in [0.2, 0.25) is 0 Å². The average molecular weight is 527 g/mol. The van der Waals surface area contributed by atoms with Gasteiger partial charge in [-0.25, -0.2) is 0 Å². The minimum atomic E-state index is -0.715. The van der Waals surface area contributed by atoms with Gasteiger partial charge in [-0.3, -0.25) is 19.4 Å². The van der Waals surface area contributed by atoms with E-state index in [4.69, 9.17) is 4.74 Å². The van der Waals surface area contributed by atoms with Crippen molar-refractivity contribution in [1.29, 1.82) is 0 Å². The molecule has 3 rings (SSSR count). The molecule has 178 valence electrons. The minimum Gasteiger partial charge on any atom is -0.497 e. The molecule has 0 aliphatic rings. The molecule has 0 fully saturated rings. The number of rotatable bonds is 10. The molecule has 34 heavy (non-hydrogen) atoms. The largest absolute Gasteiger partial charge is 0.497 e. The number of ketones is 1. The Morgan fingerprint density at radius 2 is 1.91 bits per heavy atom. The number of aromatic nitrogens is 1. The van der Waals surface area contributed by atoms with E-state index in [1.54, 1.807) is 25.4 Å². The fraction of sp³-hybridized carbons (Fsp3) is 0.280. The molecule has 0 spiro atoms. The van der Waals surface area contributed by atoms with Crippen LogP contribution in [-0.2, 0) is 9.59 Å². The SMILES string of the molecule is COc1cc(NC(C)CCCNC(=O)C(=O)c2cc(Br)ccc2NC(C)=O)c2ncccc2c1. The first-order valence-electron chi connectivity index (χ1n) is 10.9. The van der Waals surface area contributed by atoms with Crippen molar-refractivity contribution in [3.8, 4) is 5.75 Å². The fourth-order valence-electron chi connectivity index (χ4n) is 3.55. The first-order valence-corrected chi connectivity index (χ1v) is 11.7. The van der Waals surface area contributed by atoms with E-state index in [2.05, 4.69) is 36.9 Å². The van der Waals surface area contributed by atoms with Gasteiger partial charge in [0, 0.05) is 41.6 Å². The van der Waals surface area contributed by atoms with Crippen molar-refractivity contribution in [1.82, 2.24) is 10.3 Å². The van der Waals surface area contributed by atoms with Gasteiger partial charge >= 0.3 is 0 Å². The average Bonchev–Trinajstić information content (AvgIpc) is 2.81. The van der Waals surface area contributed by atoms with E-state index in [0.717, 1.165) is 28.8 Å². The van der Waals surface area contributed by atoms with Crippen LogP contribution in [0, 0.1) is 0 Å². The maximum atomic E-state index is 12.6. The number of anilines is 2. The summed E-state index contributed by atoms with van der Waals surface area (Å²) in [5, 5.41) is 9.69. The number of nitrogens with one attached hydrogen (secondary N) is 3. The van der Waals surface area contributed by atoms with Crippen LogP contribution in [0.4, 0.5) is 11.4 Å². The molecule has 9 heteroatoms. The summed E-state index contributed by atoms with van der Waals surface area (Å²) < 4.78 is 6.03. The third-order valence-corrected chi connectivity index (χ3v) is 5.65. The Morgan fingerprint density at radius 1 is 1.12 bits per heavy atom. The Hall–Kier alpha value is -3.46. The lowest BCUT2D eigenvalue weighted by atomic mass is 10.1. The Kier molecular flexibility index (Phi) is 8.59. The normalized spacial score (nSPS) is 11.5. The van der Waals surface area contributed by atoms with E-state index in [1.165, 1.54) is 13.0 Å². The standard InChI is InChI=1S/C25H27BrN4O4/c1-15(29-22-14-19(34-3)12-17-7-5-10-27-23(17)22)6-4-11-28-25(33)24(32)20-13-18(26)8-9-21(20)30-16(2)31/h5,7-10,12-15,29H,4,6,11H2,1-3H3,(H,28,33)(H,30,31). The van der Waals surface area contributed by atoms with Crippen LogP contribution in [-0.4, -0.2) is 42.3 Å². The molecule has 2 amide bonds. The highest BCUT2D eigenvalue weighted by atomic mass is 79.9. The molecule has 1 unspecified atom stereocenters. The van der Waals surface area contributed by atoms with Crippen LogP contribution < -0.4 is 20.7 Å². The summed E-state index contributed by atoms with van der Waals surface area (Å²) in [6, 6.07) is 12.6. The molecule has 3 N–H and O–H groups in total. The van der Waals surface area contributed by atoms with Crippen LogP contribution >= 0.6 is 15.9 Å². The van der Waals surface area contributed by atoms with E-state index >= 15 is 0 Å². The molecule has 0 aliphatic heterocycles. The molecule has 2 aromatic carbocycles. The number of benzene rings is 2. The van der Waals surface area contributed by atoms with Crippen molar-refractivity contribution >= 4 is 55.8 Å². The van der Waals surface area contributed by atoms with Gasteiger partial charge in [0.1, 0.15) is 5.75 Å². The van der Waals surface area contributed by atoms with Gasteiger partial charge in [-0.2, -0.15) is 0 Å². The van der Waals surface area contributed by atoms with Crippen molar-refractivity contribution in [2.45, 2.75) is 32.7 Å². The van der Waals surface area contributed by atoms with Gasteiger partial charge in [0.15, 0.2) is 0 Å². The highest BCUT2D eigenvalue weighted by molar-refractivity contribution is 9.10. The number of Topliss-reactive ketones (excluding diaryl/α,β-unsaturated/α-hetero) is 1. The van der Waals surface area contributed by atoms with Gasteiger partial charge in [0.25, 0.3) is 11.7 Å². The topological polar surface area (TPSA) is 109 Å². The molecular formula is C25H27BrN4O4. The zero-order valence-corrected chi connectivity index (χ0v) is 20.9. The minimum absolute atomic E-state index is 0.0985. The van der Waals surface area contributed by atoms with E-state index in [-0.39, 0.29) is 17.5 Å². The van der Waals surface area contributed by atoms with Crippen LogP contribution in [0.5, 0.6) is 5.75 Å². The molecule has 0 saturated carbocycles.